The van der Waals surface area contributed by atoms with Crippen molar-refractivity contribution in [3.8, 4) is 0 Å². The third-order valence-corrected chi connectivity index (χ3v) is 3.81. The zero-order chi connectivity index (χ0) is 12.2. The van der Waals surface area contributed by atoms with Gasteiger partial charge in [0.15, 0.2) is 0 Å². The fraction of sp³-hybridized carbons (Fsp3) is 1.00. The van der Waals surface area contributed by atoms with Crippen LogP contribution in [0.25, 0.3) is 0 Å². The lowest BCUT2D eigenvalue weighted by molar-refractivity contribution is -0.0842. The van der Waals surface area contributed by atoms with E-state index in [0.717, 1.165) is 38.7 Å². The molecule has 3 atom stereocenters. The second-order valence-corrected chi connectivity index (χ2v) is 6.21. The standard InChI is InChI=1S/C14H28O2/c1-5-6-9-16-13-10-11(14(2,3)4)7-8-12(13)15/h11-13,15H,5-10H2,1-4H3. The third-order valence-electron chi connectivity index (χ3n) is 3.81. The number of unbranched alkanes of at least 4 members (excludes halogenated alkanes) is 1. The van der Waals surface area contributed by atoms with Crippen LogP contribution in [0.3, 0.4) is 0 Å². The lowest BCUT2D eigenvalue weighted by Crippen LogP contribution is -2.39. The third kappa shape index (κ3) is 4.06. The van der Waals surface area contributed by atoms with E-state index in [9.17, 15) is 5.11 Å². The summed E-state index contributed by atoms with van der Waals surface area (Å²) in [6, 6.07) is 0. The molecule has 0 saturated heterocycles. The lowest BCUT2D eigenvalue weighted by Gasteiger charge is -2.39. The molecule has 1 saturated carbocycles. The molecule has 0 amide bonds. The molecule has 2 heteroatoms. The Bertz CT molecular complexity index is 195. The molecule has 0 aromatic carbocycles. The van der Waals surface area contributed by atoms with E-state index < -0.39 is 0 Å². The summed E-state index contributed by atoms with van der Waals surface area (Å²) in [5.74, 6) is 0.683. The number of aliphatic hydroxyl groups excluding tert-OH is 1. The summed E-state index contributed by atoms with van der Waals surface area (Å²) >= 11 is 0. The maximum atomic E-state index is 9.93. The van der Waals surface area contributed by atoms with Gasteiger partial charge in [-0.15, -0.1) is 0 Å². The molecule has 0 spiro atoms. The van der Waals surface area contributed by atoms with Crippen molar-refractivity contribution in [2.45, 2.75) is 72.0 Å². The van der Waals surface area contributed by atoms with Crippen LogP contribution in [-0.4, -0.2) is 23.9 Å². The molecular formula is C14H28O2. The maximum absolute atomic E-state index is 9.93. The van der Waals surface area contributed by atoms with Gasteiger partial charge >= 0.3 is 0 Å². The zero-order valence-electron chi connectivity index (χ0n) is 11.3. The van der Waals surface area contributed by atoms with Crippen LogP contribution in [0.5, 0.6) is 0 Å². The molecular weight excluding hydrogens is 200 g/mol. The Hall–Kier alpha value is -0.0800. The largest absolute Gasteiger partial charge is 0.390 e. The van der Waals surface area contributed by atoms with Gasteiger partial charge in [-0.1, -0.05) is 34.1 Å². The van der Waals surface area contributed by atoms with Gasteiger partial charge in [0.05, 0.1) is 12.2 Å². The predicted molar refractivity (Wildman–Crippen MR) is 67.5 cm³/mol. The minimum absolute atomic E-state index is 0.0736. The van der Waals surface area contributed by atoms with Gasteiger partial charge < -0.3 is 9.84 Å². The molecule has 96 valence electrons. The van der Waals surface area contributed by atoms with Crippen molar-refractivity contribution < 1.29 is 9.84 Å². The summed E-state index contributed by atoms with van der Waals surface area (Å²) in [6.45, 7) is 9.84. The Morgan fingerprint density at radius 1 is 1.25 bits per heavy atom. The Balaban J connectivity index is 2.42. The highest BCUT2D eigenvalue weighted by molar-refractivity contribution is 4.86. The van der Waals surface area contributed by atoms with Crippen molar-refractivity contribution in [1.29, 1.82) is 0 Å². The topological polar surface area (TPSA) is 29.5 Å². The number of hydrogen-bond acceptors (Lipinski definition) is 2. The summed E-state index contributed by atoms with van der Waals surface area (Å²) < 4.78 is 5.81. The van der Waals surface area contributed by atoms with Crippen LogP contribution in [0.15, 0.2) is 0 Å². The van der Waals surface area contributed by atoms with Gasteiger partial charge in [-0.2, -0.15) is 0 Å². The minimum Gasteiger partial charge on any atom is -0.390 e. The molecule has 1 fully saturated rings. The molecule has 0 heterocycles. The van der Waals surface area contributed by atoms with E-state index in [1.165, 1.54) is 0 Å². The van der Waals surface area contributed by atoms with E-state index in [0.29, 0.717) is 11.3 Å². The number of hydrogen-bond donors (Lipinski definition) is 1. The Labute approximate surface area is 100 Å². The van der Waals surface area contributed by atoms with Gasteiger partial charge in [0.2, 0.25) is 0 Å². The highest BCUT2D eigenvalue weighted by Gasteiger charge is 2.35. The summed E-state index contributed by atoms with van der Waals surface area (Å²) in [4.78, 5) is 0. The zero-order valence-corrected chi connectivity index (χ0v) is 11.3. The molecule has 0 aromatic heterocycles. The van der Waals surface area contributed by atoms with Crippen LogP contribution in [0.1, 0.15) is 59.8 Å². The summed E-state index contributed by atoms with van der Waals surface area (Å²) in [6.07, 6.45) is 5.15. The molecule has 3 unspecified atom stereocenters. The van der Waals surface area contributed by atoms with Crippen LogP contribution >= 0.6 is 0 Å². The maximum Gasteiger partial charge on any atom is 0.0836 e. The normalized spacial score (nSPS) is 31.7. The number of rotatable bonds is 4. The average molecular weight is 228 g/mol. The molecule has 0 radical (unpaired) electrons. The first kappa shape index (κ1) is 14.0. The van der Waals surface area contributed by atoms with Crippen molar-refractivity contribution in [2.75, 3.05) is 6.61 Å². The first-order valence-electron chi connectivity index (χ1n) is 6.74. The minimum atomic E-state index is -0.240. The SMILES string of the molecule is CCCCOC1CC(C(C)(C)C)CCC1O. The van der Waals surface area contributed by atoms with Crippen LogP contribution in [-0.2, 0) is 4.74 Å². The first-order chi connectivity index (χ1) is 7.45. The van der Waals surface area contributed by atoms with Crippen molar-refractivity contribution in [3.05, 3.63) is 0 Å². The lowest BCUT2D eigenvalue weighted by atomic mass is 9.71. The smallest absolute Gasteiger partial charge is 0.0836 e. The van der Waals surface area contributed by atoms with Crippen LogP contribution < -0.4 is 0 Å². The molecule has 1 aliphatic carbocycles. The van der Waals surface area contributed by atoms with Gasteiger partial charge in [0, 0.05) is 6.61 Å². The molecule has 0 bridgehead atoms. The molecule has 2 nitrogen and oxygen atoms in total. The molecule has 16 heavy (non-hydrogen) atoms. The average Bonchev–Trinajstić information content (AvgIpc) is 2.19. The van der Waals surface area contributed by atoms with Gasteiger partial charge in [-0.25, -0.2) is 0 Å². The van der Waals surface area contributed by atoms with Crippen LogP contribution in [0.4, 0.5) is 0 Å². The first-order valence-corrected chi connectivity index (χ1v) is 6.74. The van der Waals surface area contributed by atoms with Gasteiger partial charge in [0.25, 0.3) is 0 Å². The van der Waals surface area contributed by atoms with E-state index in [2.05, 4.69) is 27.7 Å². The second kappa shape index (κ2) is 6.02. The predicted octanol–water partition coefficient (Wildman–Crippen LogP) is 3.38. The van der Waals surface area contributed by atoms with E-state index in [4.69, 9.17) is 4.74 Å². The van der Waals surface area contributed by atoms with Crippen molar-refractivity contribution in [3.63, 3.8) is 0 Å². The molecule has 1 aliphatic rings. The van der Waals surface area contributed by atoms with Crippen molar-refractivity contribution >= 4 is 0 Å². The molecule has 0 aliphatic heterocycles. The van der Waals surface area contributed by atoms with E-state index in [1.54, 1.807) is 0 Å². The second-order valence-electron chi connectivity index (χ2n) is 6.21. The molecule has 0 aromatic rings. The fourth-order valence-corrected chi connectivity index (χ4v) is 2.46. The van der Waals surface area contributed by atoms with E-state index in [-0.39, 0.29) is 12.2 Å². The number of aliphatic hydroxyl groups is 1. The summed E-state index contributed by atoms with van der Waals surface area (Å²) in [7, 11) is 0. The highest BCUT2D eigenvalue weighted by atomic mass is 16.5. The van der Waals surface area contributed by atoms with Gasteiger partial charge in [0.1, 0.15) is 0 Å². The van der Waals surface area contributed by atoms with Crippen molar-refractivity contribution in [2.24, 2.45) is 11.3 Å². The van der Waals surface area contributed by atoms with Gasteiger partial charge in [-0.05, 0) is 37.0 Å². The van der Waals surface area contributed by atoms with Gasteiger partial charge in [-0.3, -0.25) is 0 Å². The van der Waals surface area contributed by atoms with E-state index in [1.807, 2.05) is 0 Å². The Kier molecular flexibility index (Phi) is 5.26. The highest BCUT2D eigenvalue weighted by Crippen LogP contribution is 2.38. The fourth-order valence-electron chi connectivity index (χ4n) is 2.46. The Morgan fingerprint density at radius 2 is 1.94 bits per heavy atom. The van der Waals surface area contributed by atoms with E-state index >= 15 is 0 Å². The monoisotopic (exact) mass is 228 g/mol. The molecule has 1 N–H and O–H groups in total. The molecule has 1 rings (SSSR count). The Morgan fingerprint density at radius 3 is 2.50 bits per heavy atom. The van der Waals surface area contributed by atoms with Crippen molar-refractivity contribution in [1.82, 2.24) is 0 Å². The summed E-state index contributed by atoms with van der Waals surface area (Å²) in [5, 5.41) is 9.93. The number of ether oxygens (including phenoxy) is 1. The quantitative estimate of drug-likeness (QED) is 0.747. The van der Waals surface area contributed by atoms with Crippen LogP contribution in [0.2, 0.25) is 0 Å². The summed E-state index contributed by atoms with van der Waals surface area (Å²) in [5.41, 5.74) is 0.340. The van der Waals surface area contributed by atoms with Crippen LogP contribution in [0, 0.1) is 11.3 Å².